The quantitative estimate of drug-likeness (QED) is 0.779. The number of halogens is 3. The van der Waals surface area contributed by atoms with Crippen LogP contribution in [0.3, 0.4) is 0 Å². The normalized spacial score (nSPS) is 30.9. The van der Waals surface area contributed by atoms with Gasteiger partial charge in [-0.2, -0.15) is 13.2 Å². The summed E-state index contributed by atoms with van der Waals surface area (Å²) in [6.45, 7) is 3.40. The Hall–Kier alpha value is -0.330. The third-order valence-corrected chi connectivity index (χ3v) is 3.40. The second-order valence-electron chi connectivity index (χ2n) is 4.80. The lowest BCUT2D eigenvalue weighted by Gasteiger charge is -2.51. The maximum atomic E-state index is 12.0. The van der Waals surface area contributed by atoms with Gasteiger partial charge in [0.1, 0.15) is 0 Å². The maximum Gasteiger partial charge on any atom is 0.415 e. The van der Waals surface area contributed by atoms with Gasteiger partial charge in [-0.05, 0) is 6.42 Å². The highest BCUT2D eigenvalue weighted by Crippen LogP contribution is 2.42. The number of hydrogen-bond acceptors (Lipinski definition) is 3. The first-order valence-electron chi connectivity index (χ1n) is 5.20. The molecule has 1 aliphatic carbocycles. The Kier molecular flexibility index (Phi) is 3.87. The highest BCUT2D eigenvalue weighted by atomic mass is 19.4. The molecule has 1 aliphatic rings. The molecule has 0 heterocycles. The Balaban J connectivity index is 2.36. The highest BCUT2D eigenvalue weighted by Gasteiger charge is 2.49. The number of hydrogen-bond donors (Lipinski definition) is 2. The molecule has 0 radical (unpaired) electrons. The maximum absolute atomic E-state index is 12.0. The molecule has 1 fully saturated rings. The molecule has 16 heavy (non-hydrogen) atoms. The number of methoxy groups -OCH3 is 1. The predicted molar refractivity (Wildman–Crippen MR) is 53.0 cm³/mol. The third kappa shape index (κ3) is 2.67. The fraction of sp³-hybridized carbons (Fsp3) is 1.00. The van der Waals surface area contributed by atoms with Crippen molar-refractivity contribution in [3.63, 3.8) is 0 Å². The van der Waals surface area contributed by atoms with Crippen LogP contribution in [-0.2, 0) is 4.74 Å². The number of rotatable bonds is 4. The third-order valence-electron chi connectivity index (χ3n) is 3.40. The van der Waals surface area contributed by atoms with Crippen molar-refractivity contribution in [3.8, 4) is 0 Å². The van der Waals surface area contributed by atoms with Gasteiger partial charge in [-0.1, -0.05) is 13.8 Å². The fourth-order valence-electron chi connectivity index (χ4n) is 2.00. The van der Waals surface area contributed by atoms with Crippen LogP contribution in [0.15, 0.2) is 0 Å². The molecule has 0 spiro atoms. The van der Waals surface area contributed by atoms with Gasteiger partial charge >= 0.3 is 6.18 Å². The van der Waals surface area contributed by atoms with Gasteiger partial charge in [0.25, 0.3) is 0 Å². The summed E-state index contributed by atoms with van der Waals surface area (Å²) >= 11 is 0. The summed E-state index contributed by atoms with van der Waals surface area (Å²) < 4.78 is 41.3. The van der Waals surface area contributed by atoms with Gasteiger partial charge in [-0.15, -0.1) is 0 Å². The molecular formula is C10H18F3NO2. The molecule has 0 bridgehead atoms. The van der Waals surface area contributed by atoms with Crippen LogP contribution < -0.4 is 5.32 Å². The van der Waals surface area contributed by atoms with Gasteiger partial charge in [0.05, 0.1) is 6.10 Å². The summed E-state index contributed by atoms with van der Waals surface area (Å²) in [5.74, 6) is 0. The SMILES string of the molecule is COC1CC(NCC(O)C(F)(F)F)C1(C)C. The van der Waals surface area contributed by atoms with Gasteiger partial charge < -0.3 is 15.2 Å². The molecule has 3 unspecified atom stereocenters. The van der Waals surface area contributed by atoms with E-state index in [1.165, 1.54) is 0 Å². The number of nitrogens with one attached hydrogen (secondary N) is 1. The minimum Gasteiger partial charge on any atom is -0.382 e. The standard InChI is InChI=1S/C10H18F3NO2/c1-9(2)6(4-8(9)16-3)14-5-7(15)10(11,12)13/h6-8,14-15H,4-5H2,1-3H3. The monoisotopic (exact) mass is 241 g/mol. The first kappa shape index (κ1) is 13.7. The molecule has 2 N–H and O–H groups in total. The largest absolute Gasteiger partial charge is 0.415 e. The number of aliphatic hydroxyl groups is 1. The molecular weight excluding hydrogens is 223 g/mol. The second-order valence-corrected chi connectivity index (χ2v) is 4.80. The van der Waals surface area contributed by atoms with Crippen LogP contribution in [-0.4, -0.2) is 43.2 Å². The zero-order valence-electron chi connectivity index (χ0n) is 9.64. The lowest BCUT2D eigenvalue weighted by atomic mass is 9.64. The van der Waals surface area contributed by atoms with Crippen LogP contribution in [0.1, 0.15) is 20.3 Å². The highest BCUT2D eigenvalue weighted by molar-refractivity contribution is 5.02. The van der Waals surface area contributed by atoms with Crippen LogP contribution in [0.25, 0.3) is 0 Å². The van der Waals surface area contributed by atoms with Crippen LogP contribution in [0.5, 0.6) is 0 Å². The average molecular weight is 241 g/mol. The minimum absolute atomic E-state index is 0.0468. The lowest BCUT2D eigenvalue weighted by molar-refractivity contribution is -0.204. The summed E-state index contributed by atoms with van der Waals surface area (Å²) in [7, 11) is 1.59. The molecule has 0 aromatic heterocycles. The van der Waals surface area contributed by atoms with E-state index in [1.807, 2.05) is 13.8 Å². The Labute approximate surface area is 93.0 Å². The average Bonchev–Trinajstić information content (AvgIpc) is 2.14. The number of aliphatic hydroxyl groups excluding tert-OH is 1. The van der Waals surface area contributed by atoms with Crippen molar-refractivity contribution in [1.82, 2.24) is 5.32 Å². The lowest BCUT2D eigenvalue weighted by Crippen LogP contribution is -2.62. The van der Waals surface area contributed by atoms with Crippen molar-refractivity contribution < 1.29 is 23.0 Å². The van der Waals surface area contributed by atoms with E-state index in [4.69, 9.17) is 9.84 Å². The van der Waals surface area contributed by atoms with Crippen molar-refractivity contribution in [2.24, 2.45) is 5.41 Å². The van der Waals surface area contributed by atoms with Crippen molar-refractivity contribution in [3.05, 3.63) is 0 Å². The summed E-state index contributed by atoms with van der Waals surface area (Å²) in [6.07, 6.45) is -6.12. The minimum atomic E-state index is -4.55. The van der Waals surface area contributed by atoms with Gasteiger partial charge in [0.2, 0.25) is 0 Å². The van der Waals surface area contributed by atoms with Crippen molar-refractivity contribution in [2.75, 3.05) is 13.7 Å². The van der Waals surface area contributed by atoms with E-state index in [0.717, 1.165) is 0 Å². The van der Waals surface area contributed by atoms with E-state index >= 15 is 0 Å². The first-order valence-corrected chi connectivity index (χ1v) is 5.20. The molecule has 0 aliphatic heterocycles. The molecule has 0 aromatic carbocycles. The Morgan fingerprint density at radius 1 is 1.50 bits per heavy atom. The van der Waals surface area contributed by atoms with E-state index in [2.05, 4.69) is 5.32 Å². The molecule has 1 saturated carbocycles. The number of ether oxygens (including phenoxy) is 1. The van der Waals surface area contributed by atoms with E-state index in [9.17, 15) is 13.2 Å². The van der Waals surface area contributed by atoms with Crippen LogP contribution in [0.2, 0.25) is 0 Å². The first-order chi connectivity index (χ1) is 7.19. The van der Waals surface area contributed by atoms with Crippen LogP contribution in [0, 0.1) is 5.41 Å². The zero-order chi connectivity index (χ0) is 12.6. The number of alkyl halides is 3. The summed E-state index contributed by atoms with van der Waals surface area (Å²) in [4.78, 5) is 0. The Bertz CT molecular complexity index is 243. The van der Waals surface area contributed by atoms with Crippen molar-refractivity contribution in [2.45, 2.75) is 44.7 Å². The Morgan fingerprint density at radius 2 is 2.06 bits per heavy atom. The smallest absolute Gasteiger partial charge is 0.382 e. The Morgan fingerprint density at radius 3 is 2.44 bits per heavy atom. The van der Waals surface area contributed by atoms with E-state index < -0.39 is 18.8 Å². The zero-order valence-corrected chi connectivity index (χ0v) is 9.64. The van der Waals surface area contributed by atoms with Gasteiger partial charge in [-0.3, -0.25) is 0 Å². The topological polar surface area (TPSA) is 41.5 Å². The molecule has 0 saturated heterocycles. The molecule has 96 valence electrons. The van der Waals surface area contributed by atoms with E-state index in [1.54, 1.807) is 7.11 Å². The van der Waals surface area contributed by atoms with E-state index in [0.29, 0.717) is 6.42 Å². The summed E-state index contributed by atoms with van der Waals surface area (Å²) in [5, 5.41) is 11.6. The van der Waals surface area contributed by atoms with Gasteiger partial charge in [-0.25, -0.2) is 0 Å². The molecule has 6 heteroatoms. The molecule has 1 rings (SSSR count). The molecule has 3 nitrogen and oxygen atoms in total. The van der Waals surface area contributed by atoms with Crippen LogP contribution >= 0.6 is 0 Å². The fourth-order valence-corrected chi connectivity index (χ4v) is 2.00. The second kappa shape index (κ2) is 4.50. The van der Waals surface area contributed by atoms with Crippen molar-refractivity contribution >= 4 is 0 Å². The van der Waals surface area contributed by atoms with Gasteiger partial charge in [0, 0.05) is 25.1 Å². The van der Waals surface area contributed by atoms with Gasteiger partial charge in [0.15, 0.2) is 6.10 Å². The van der Waals surface area contributed by atoms with Crippen LogP contribution in [0.4, 0.5) is 13.2 Å². The summed E-state index contributed by atoms with van der Waals surface area (Å²) in [5.41, 5.74) is -0.194. The van der Waals surface area contributed by atoms with E-state index in [-0.39, 0.29) is 17.6 Å². The molecule has 3 atom stereocenters. The summed E-state index contributed by atoms with van der Waals surface area (Å²) in [6, 6.07) is -0.0468. The molecule has 0 amide bonds. The molecule has 0 aromatic rings. The van der Waals surface area contributed by atoms with Crippen molar-refractivity contribution in [1.29, 1.82) is 0 Å². The predicted octanol–water partition coefficient (Wildman–Crippen LogP) is 1.31.